The number of nitro groups is 1. The fourth-order valence-electron chi connectivity index (χ4n) is 1.70. The molecule has 3 rings (SSSR count). The molecular weight excluding hydrogens is 316 g/mol. The number of aromatic nitrogens is 4. The van der Waals surface area contributed by atoms with Crippen molar-refractivity contribution in [3.8, 4) is 0 Å². The lowest BCUT2D eigenvalue weighted by molar-refractivity contribution is -0.387. The maximum atomic E-state index is 11.1. The van der Waals surface area contributed by atoms with E-state index in [4.69, 9.17) is 17.3 Å². The van der Waals surface area contributed by atoms with Crippen molar-refractivity contribution in [1.29, 1.82) is 0 Å². The lowest BCUT2D eigenvalue weighted by Crippen LogP contribution is -1.92. The van der Waals surface area contributed by atoms with E-state index in [-0.39, 0.29) is 11.5 Å². The number of anilines is 1. The molecule has 3 N–H and O–H groups in total. The lowest BCUT2D eigenvalue weighted by atomic mass is 10.3. The Morgan fingerprint density at radius 1 is 1.38 bits per heavy atom. The van der Waals surface area contributed by atoms with Crippen LogP contribution in [0.2, 0.25) is 5.02 Å². The van der Waals surface area contributed by atoms with Gasteiger partial charge < -0.3 is 10.7 Å². The molecule has 0 bridgehead atoms. The highest BCUT2D eigenvalue weighted by Gasteiger charge is 2.17. The van der Waals surface area contributed by atoms with Gasteiger partial charge in [0.2, 0.25) is 0 Å². The summed E-state index contributed by atoms with van der Waals surface area (Å²) in [5.41, 5.74) is 6.50. The molecule has 1 aromatic carbocycles. The molecule has 0 amide bonds. The number of hydrogen-bond acceptors (Lipinski definition) is 7. The second kappa shape index (κ2) is 5.19. The maximum Gasteiger partial charge on any atom is 0.284 e. The molecule has 21 heavy (non-hydrogen) atoms. The van der Waals surface area contributed by atoms with Gasteiger partial charge in [-0.05, 0) is 23.9 Å². The molecule has 2 aromatic heterocycles. The Balaban J connectivity index is 2.02. The highest BCUT2D eigenvalue weighted by atomic mass is 35.5. The fourth-order valence-corrected chi connectivity index (χ4v) is 2.73. The first-order valence-corrected chi connectivity index (χ1v) is 6.82. The molecule has 3 aromatic rings. The van der Waals surface area contributed by atoms with Gasteiger partial charge in [-0.25, -0.2) is 15.0 Å². The minimum Gasteiger partial charge on any atom is -0.382 e. The zero-order chi connectivity index (χ0) is 15.0. The van der Waals surface area contributed by atoms with Gasteiger partial charge in [-0.2, -0.15) is 0 Å². The number of imidazole rings is 1. The van der Waals surface area contributed by atoms with E-state index in [0.717, 1.165) is 11.8 Å². The van der Waals surface area contributed by atoms with E-state index in [0.29, 0.717) is 26.2 Å². The van der Waals surface area contributed by atoms with Gasteiger partial charge in [0.05, 0.1) is 9.82 Å². The molecule has 0 fully saturated rings. The number of fused-ring (bicyclic) bond motifs is 1. The van der Waals surface area contributed by atoms with Crippen molar-refractivity contribution < 1.29 is 4.92 Å². The lowest BCUT2D eigenvalue weighted by Gasteiger charge is -2.00. The number of nitrogens with zero attached hydrogens (tertiary/aromatic N) is 4. The number of halogens is 1. The van der Waals surface area contributed by atoms with E-state index in [1.54, 1.807) is 12.1 Å². The Labute approximate surface area is 126 Å². The summed E-state index contributed by atoms with van der Waals surface area (Å²) in [6.07, 6.45) is 1.31. The first-order valence-electron chi connectivity index (χ1n) is 5.62. The van der Waals surface area contributed by atoms with Crippen LogP contribution in [0.1, 0.15) is 0 Å². The monoisotopic (exact) mass is 322 g/mol. The number of hydrogen-bond donors (Lipinski definition) is 2. The van der Waals surface area contributed by atoms with Gasteiger partial charge in [-0.15, -0.1) is 0 Å². The normalized spacial score (nSPS) is 10.9. The van der Waals surface area contributed by atoms with Gasteiger partial charge in [-0.3, -0.25) is 10.1 Å². The summed E-state index contributed by atoms with van der Waals surface area (Å²) < 4.78 is 0. The van der Waals surface area contributed by atoms with Gasteiger partial charge in [-0.1, -0.05) is 11.6 Å². The second-order valence-corrected chi connectivity index (χ2v) is 5.44. The van der Waals surface area contributed by atoms with E-state index in [9.17, 15) is 10.1 Å². The Morgan fingerprint density at radius 3 is 2.90 bits per heavy atom. The van der Waals surface area contributed by atoms with Gasteiger partial charge >= 0.3 is 0 Å². The fraction of sp³-hybridized carbons (Fsp3) is 0. The molecule has 0 aliphatic carbocycles. The van der Waals surface area contributed by atoms with Crippen molar-refractivity contribution in [3.05, 3.63) is 39.7 Å². The third-order valence-electron chi connectivity index (χ3n) is 2.61. The van der Waals surface area contributed by atoms with Crippen LogP contribution in [0.3, 0.4) is 0 Å². The van der Waals surface area contributed by atoms with Crippen LogP contribution in [0.25, 0.3) is 11.2 Å². The molecule has 0 spiro atoms. The maximum absolute atomic E-state index is 11.1. The predicted molar refractivity (Wildman–Crippen MR) is 78.3 cm³/mol. The van der Waals surface area contributed by atoms with Crippen molar-refractivity contribution in [1.82, 2.24) is 19.9 Å². The third-order valence-corrected chi connectivity index (χ3v) is 3.80. The summed E-state index contributed by atoms with van der Waals surface area (Å²) in [4.78, 5) is 26.0. The van der Waals surface area contributed by atoms with Crippen molar-refractivity contribution in [3.63, 3.8) is 0 Å². The number of aromatic amines is 1. The number of nitrogens with two attached hydrogens (primary N) is 1. The second-order valence-electron chi connectivity index (χ2n) is 3.97. The predicted octanol–water partition coefficient (Wildman–Crippen LogP) is 2.65. The van der Waals surface area contributed by atoms with Crippen LogP contribution in [0, 0.1) is 10.1 Å². The molecule has 0 saturated carbocycles. The number of nitrogens with one attached hydrogen (secondary N) is 1. The SMILES string of the molecule is Nc1ncnc2[nH]c(Sc3ccc(Cl)cc3[N+](=O)[O-])nc12. The first kappa shape index (κ1) is 13.6. The largest absolute Gasteiger partial charge is 0.382 e. The van der Waals surface area contributed by atoms with Crippen LogP contribution in [-0.4, -0.2) is 24.9 Å². The highest BCUT2D eigenvalue weighted by Crippen LogP contribution is 2.35. The van der Waals surface area contributed by atoms with E-state index in [1.807, 2.05) is 0 Å². The van der Waals surface area contributed by atoms with E-state index < -0.39 is 4.92 Å². The molecule has 0 radical (unpaired) electrons. The molecule has 2 heterocycles. The Kier molecular flexibility index (Phi) is 3.35. The Hall–Kier alpha value is -2.39. The third kappa shape index (κ3) is 2.60. The van der Waals surface area contributed by atoms with Crippen LogP contribution in [-0.2, 0) is 0 Å². The van der Waals surface area contributed by atoms with Gasteiger partial charge in [0.15, 0.2) is 22.1 Å². The Morgan fingerprint density at radius 2 is 2.19 bits per heavy atom. The molecule has 0 aliphatic rings. The number of benzene rings is 1. The zero-order valence-electron chi connectivity index (χ0n) is 10.3. The smallest absolute Gasteiger partial charge is 0.284 e. The van der Waals surface area contributed by atoms with E-state index in [1.165, 1.54) is 12.4 Å². The minimum atomic E-state index is -0.495. The zero-order valence-corrected chi connectivity index (χ0v) is 11.9. The number of rotatable bonds is 3. The molecule has 0 atom stereocenters. The summed E-state index contributed by atoms with van der Waals surface area (Å²) in [5.74, 6) is 0.244. The van der Waals surface area contributed by atoms with E-state index in [2.05, 4.69) is 19.9 Å². The Bertz CT molecular complexity index is 852. The molecule has 8 nitrogen and oxygen atoms in total. The molecule has 10 heteroatoms. The molecule has 0 unspecified atom stereocenters. The summed E-state index contributed by atoms with van der Waals surface area (Å²) in [6.45, 7) is 0. The summed E-state index contributed by atoms with van der Waals surface area (Å²) in [6, 6.07) is 4.43. The average Bonchev–Trinajstić information content (AvgIpc) is 2.85. The van der Waals surface area contributed by atoms with Crippen LogP contribution in [0.4, 0.5) is 11.5 Å². The summed E-state index contributed by atoms with van der Waals surface area (Å²) in [7, 11) is 0. The summed E-state index contributed by atoms with van der Waals surface area (Å²) >= 11 is 6.87. The molecule has 0 saturated heterocycles. The average molecular weight is 323 g/mol. The van der Waals surface area contributed by atoms with Gasteiger partial charge in [0, 0.05) is 11.1 Å². The van der Waals surface area contributed by atoms with Crippen LogP contribution < -0.4 is 5.73 Å². The first-order chi connectivity index (χ1) is 10.0. The molecule has 106 valence electrons. The van der Waals surface area contributed by atoms with Crippen molar-refractivity contribution >= 4 is 46.0 Å². The minimum absolute atomic E-state index is 0.0907. The topological polar surface area (TPSA) is 124 Å². The molecule has 0 aliphatic heterocycles. The van der Waals surface area contributed by atoms with Crippen molar-refractivity contribution in [2.24, 2.45) is 0 Å². The highest BCUT2D eigenvalue weighted by molar-refractivity contribution is 7.99. The quantitative estimate of drug-likeness (QED) is 0.561. The van der Waals surface area contributed by atoms with Crippen LogP contribution in [0.5, 0.6) is 0 Å². The standard InChI is InChI=1S/C11H7ClN6O2S/c12-5-1-2-7(6(3-5)18(19)20)21-11-16-8-9(13)14-4-15-10(8)17-11/h1-4H,(H3,13,14,15,16,17). The van der Waals surface area contributed by atoms with Crippen molar-refractivity contribution in [2.75, 3.05) is 5.73 Å². The summed E-state index contributed by atoms with van der Waals surface area (Å²) in [5, 5.41) is 11.8. The number of H-pyrrole nitrogens is 1. The van der Waals surface area contributed by atoms with Crippen LogP contribution in [0.15, 0.2) is 34.6 Å². The van der Waals surface area contributed by atoms with E-state index >= 15 is 0 Å². The molecular formula is C11H7ClN6O2S. The number of nitrogen functional groups attached to an aromatic ring is 1. The van der Waals surface area contributed by atoms with Crippen molar-refractivity contribution in [2.45, 2.75) is 10.1 Å². The van der Waals surface area contributed by atoms with Gasteiger partial charge in [0.25, 0.3) is 5.69 Å². The van der Waals surface area contributed by atoms with Crippen LogP contribution >= 0.6 is 23.4 Å². The van der Waals surface area contributed by atoms with Gasteiger partial charge in [0.1, 0.15) is 6.33 Å². The number of nitro benzene ring substituents is 1.